The zero-order chi connectivity index (χ0) is 16.1. The first-order valence-electron chi connectivity index (χ1n) is 8.09. The topological polar surface area (TPSA) is 82.1 Å². The van der Waals surface area contributed by atoms with Crippen molar-refractivity contribution in [2.75, 3.05) is 39.4 Å². The molecule has 7 nitrogen and oxygen atoms in total. The predicted molar refractivity (Wildman–Crippen MR) is 81.7 cm³/mol. The molecule has 1 saturated heterocycles. The van der Waals surface area contributed by atoms with Crippen LogP contribution in [0.25, 0.3) is 0 Å². The summed E-state index contributed by atoms with van der Waals surface area (Å²) in [5.74, 6) is -0.734. The fraction of sp³-hybridized carbons (Fsp3) is 0.867. The molecule has 1 aliphatic heterocycles. The number of nitrogens with zero attached hydrogens (tertiary/aromatic N) is 2. The molecule has 1 atom stereocenters. The number of carbonyl (C=O) groups excluding carboxylic acids is 1. The van der Waals surface area contributed by atoms with E-state index in [1.165, 1.54) is 0 Å². The van der Waals surface area contributed by atoms with Gasteiger partial charge in [0.2, 0.25) is 5.91 Å². The lowest BCUT2D eigenvalue weighted by atomic mass is 9.85. The fourth-order valence-corrected chi connectivity index (χ4v) is 3.13. The molecular formula is C15H27N3O4. The molecule has 1 heterocycles. The molecule has 126 valence electrons. The van der Waals surface area contributed by atoms with E-state index in [2.05, 4.69) is 10.2 Å². The number of hydrogen-bond donors (Lipinski definition) is 2. The summed E-state index contributed by atoms with van der Waals surface area (Å²) < 4.78 is 5.30. The second kappa shape index (κ2) is 7.89. The highest BCUT2D eigenvalue weighted by molar-refractivity contribution is 5.81. The van der Waals surface area contributed by atoms with Gasteiger partial charge in [-0.05, 0) is 26.3 Å². The second-order valence-electron chi connectivity index (χ2n) is 6.11. The standard InChI is InChI=1S/C15H27N3O4/c1-3-17(10-14(19)20)13-8-12(9-13)16-15(21)11(2)18-4-6-22-7-5-18/h11-13H,3-10H2,1-2H3,(H,16,21)(H,19,20)/t11-,12?,13?/m0/s1. The van der Waals surface area contributed by atoms with Crippen LogP contribution in [0.1, 0.15) is 26.7 Å². The van der Waals surface area contributed by atoms with Crippen LogP contribution in [-0.2, 0) is 14.3 Å². The molecule has 7 heteroatoms. The molecule has 1 amide bonds. The SMILES string of the molecule is CCN(CC(=O)O)C1CC(NC(=O)[C@H](C)N2CCOCC2)C1. The summed E-state index contributed by atoms with van der Waals surface area (Å²) in [7, 11) is 0. The number of carboxylic acids is 1. The number of carbonyl (C=O) groups is 2. The third kappa shape index (κ3) is 4.41. The second-order valence-corrected chi connectivity index (χ2v) is 6.11. The van der Waals surface area contributed by atoms with Crippen molar-refractivity contribution >= 4 is 11.9 Å². The van der Waals surface area contributed by atoms with Crippen molar-refractivity contribution in [3.05, 3.63) is 0 Å². The lowest BCUT2D eigenvalue weighted by molar-refractivity contribution is -0.140. The third-order valence-electron chi connectivity index (χ3n) is 4.69. The van der Waals surface area contributed by atoms with E-state index in [1.807, 2.05) is 18.7 Å². The maximum atomic E-state index is 12.3. The molecule has 1 saturated carbocycles. The number of hydrogen-bond acceptors (Lipinski definition) is 5. The summed E-state index contributed by atoms with van der Waals surface area (Å²) in [5, 5.41) is 12.0. The van der Waals surface area contributed by atoms with Gasteiger partial charge in [0, 0.05) is 25.2 Å². The van der Waals surface area contributed by atoms with Crippen LogP contribution in [-0.4, -0.2) is 84.3 Å². The first kappa shape index (κ1) is 17.2. The van der Waals surface area contributed by atoms with E-state index in [-0.39, 0.29) is 30.6 Å². The molecule has 2 fully saturated rings. The fourth-order valence-electron chi connectivity index (χ4n) is 3.13. The maximum absolute atomic E-state index is 12.3. The minimum atomic E-state index is -0.796. The van der Waals surface area contributed by atoms with E-state index in [9.17, 15) is 9.59 Å². The Hall–Kier alpha value is -1.18. The van der Waals surface area contributed by atoms with Gasteiger partial charge in [-0.15, -0.1) is 0 Å². The van der Waals surface area contributed by atoms with Gasteiger partial charge in [0.1, 0.15) is 0 Å². The van der Waals surface area contributed by atoms with Crippen molar-refractivity contribution < 1.29 is 19.4 Å². The summed E-state index contributed by atoms with van der Waals surface area (Å²) in [6.45, 7) is 7.66. The average molecular weight is 313 g/mol. The largest absolute Gasteiger partial charge is 0.480 e. The Bertz CT molecular complexity index is 392. The van der Waals surface area contributed by atoms with Gasteiger partial charge in [-0.2, -0.15) is 0 Å². The van der Waals surface area contributed by atoms with E-state index < -0.39 is 5.97 Å². The number of carboxylic acid groups (broad SMARTS) is 1. The molecule has 0 spiro atoms. The molecule has 1 aliphatic carbocycles. The summed E-state index contributed by atoms with van der Waals surface area (Å²) in [4.78, 5) is 27.2. The number of amides is 1. The molecule has 0 aromatic rings. The van der Waals surface area contributed by atoms with Crippen LogP contribution in [0.5, 0.6) is 0 Å². The molecule has 22 heavy (non-hydrogen) atoms. The molecule has 2 N–H and O–H groups in total. The highest BCUT2D eigenvalue weighted by Crippen LogP contribution is 2.25. The van der Waals surface area contributed by atoms with Gasteiger partial charge in [0.25, 0.3) is 0 Å². The Kier molecular flexibility index (Phi) is 6.16. The Balaban J connectivity index is 1.72. The van der Waals surface area contributed by atoms with Crippen LogP contribution in [0.15, 0.2) is 0 Å². The number of morpholine rings is 1. The molecular weight excluding hydrogens is 286 g/mol. The number of aliphatic carboxylic acids is 1. The van der Waals surface area contributed by atoms with Crippen molar-refractivity contribution in [2.45, 2.75) is 44.8 Å². The molecule has 0 aromatic heterocycles. The number of likely N-dealkylation sites (N-methyl/N-ethyl adjacent to an activating group) is 1. The first-order valence-corrected chi connectivity index (χ1v) is 8.09. The number of nitrogens with one attached hydrogen (secondary N) is 1. The summed E-state index contributed by atoms with van der Waals surface area (Å²) in [6.07, 6.45) is 1.67. The van der Waals surface area contributed by atoms with Crippen LogP contribution >= 0.6 is 0 Å². The molecule has 0 aromatic carbocycles. The van der Waals surface area contributed by atoms with Crippen molar-refractivity contribution in [1.29, 1.82) is 0 Å². The molecule has 0 bridgehead atoms. The zero-order valence-electron chi connectivity index (χ0n) is 13.5. The van der Waals surface area contributed by atoms with E-state index in [4.69, 9.17) is 9.84 Å². The molecule has 2 rings (SSSR count). The minimum absolute atomic E-state index is 0.0617. The van der Waals surface area contributed by atoms with Crippen molar-refractivity contribution in [2.24, 2.45) is 0 Å². The molecule has 0 radical (unpaired) electrons. The first-order chi connectivity index (χ1) is 10.5. The van der Waals surface area contributed by atoms with Gasteiger partial charge >= 0.3 is 5.97 Å². The lowest BCUT2D eigenvalue weighted by Crippen LogP contribution is -2.58. The Morgan fingerprint density at radius 2 is 2.00 bits per heavy atom. The van der Waals surface area contributed by atoms with E-state index >= 15 is 0 Å². The lowest BCUT2D eigenvalue weighted by Gasteiger charge is -2.43. The van der Waals surface area contributed by atoms with E-state index in [1.54, 1.807) is 0 Å². The number of ether oxygens (including phenoxy) is 1. The zero-order valence-corrected chi connectivity index (χ0v) is 13.5. The monoisotopic (exact) mass is 313 g/mol. The highest BCUT2D eigenvalue weighted by Gasteiger charge is 2.36. The average Bonchev–Trinajstić information content (AvgIpc) is 2.48. The molecule has 0 unspecified atom stereocenters. The maximum Gasteiger partial charge on any atom is 0.317 e. The van der Waals surface area contributed by atoms with Crippen LogP contribution in [0.2, 0.25) is 0 Å². The van der Waals surface area contributed by atoms with Crippen molar-refractivity contribution in [1.82, 2.24) is 15.1 Å². The van der Waals surface area contributed by atoms with Gasteiger partial charge in [0.15, 0.2) is 0 Å². The smallest absolute Gasteiger partial charge is 0.317 e. The van der Waals surface area contributed by atoms with Gasteiger partial charge in [-0.25, -0.2) is 0 Å². The van der Waals surface area contributed by atoms with Gasteiger partial charge < -0.3 is 15.2 Å². The van der Waals surface area contributed by atoms with Gasteiger partial charge in [-0.3, -0.25) is 19.4 Å². The minimum Gasteiger partial charge on any atom is -0.480 e. The van der Waals surface area contributed by atoms with Crippen LogP contribution in [0, 0.1) is 0 Å². The van der Waals surface area contributed by atoms with Crippen LogP contribution in [0.3, 0.4) is 0 Å². The summed E-state index contributed by atoms with van der Waals surface area (Å²) in [6, 6.07) is 0.304. The Morgan fingerprint density at radius 1 is 1.36 bits per heavy atom. The summed E-state index contributed by atoms with van der Waals surface area (Å²) >= 11 is 0. The van der Waals surface area contributed by atoms with Crippen molar-refractivity contribution in [3.8, 4) is 0 Å². The third-order valence-corrected chi connectivity index (χ3v) is 4.69. The quantitative estimate of drug-likeness (QED) is 0.675. The van der Waals surface area contributed by atoms with E-state index in [0.717, 1.165) is 32.5 Å². The van der Waals surface area contributed by atoms with Gasteiger partial charge in [0.05, 0.1) is 25.8 Å². The highest BCUT2D eigenvalue weighted by atomic mass is 16.5. The normalized spacial score (nSPS) is 27.2. The molecule has 2 aliphatic rings. The van der Waals surface area contributed by atoms with E-state index in [0.29, 0.717) is 13.2 Å². The number of rotatable bonds is 7. The van der Waals surface area contributed by atoms with Gasteiger partial charge in [-0.1, -0.05) is 6.92 Å². The Labute approximate surface area is 131 Å². The van der Waals surface area contributed by atoms with Crippen LogP contribution in [0.4, 0.5) is 0 Å². The Morgan fingerprint density at radius 3 is 2.55 bits per heavy atom. The van der Waals surface area contributed by atoms with Crippen molar-refractivity contribution in [3.63, 3.8) is 0 Å². The van der Waals surface area contributed by atoms with Crippen LogP contribution < -0.4 is 5.32 Å². The predicted octanol–water partition coefficient (Wildman–Crippen LogP) is -0.239. The summed E-state index contributed by atoms with van der Waals surface area (Å²) in [5.41, 5.74) is 0.